The maximum Gasteiger partial charge on any atom is 0.263 e. The quantitative estimate of drug-likeness (QED) is 0.319. The van der Waals surface area contributed by atoms with Crippen LogP contribution in [0.15, 0.2) is 36.7 Å². The Morgan fingerprint density at radius 1 is 0.674 bits per heavy atom. The van der Waals surface area contributed by atoms with Crippen molar-refractivity contribution in [2.45, 2.75) is 45.2 Å². The van der Waals surface area contributed by atoms with Crippen LogP contribution in [0.1, 0.15) is 22.5 Å². The summed E-state index contributed by atoms with van der Waals surface area (Å²) in [6.07, 6.45) is 5.32. The number of pyridine rings is 2. The number of carbonyl (C=O) groups is 4. The molecule has 4 atom stereocenters. The van der Waals surface area contributed by atoms with Gasteiger partial charge in [0.2, 0.25) is 4.87 Å². The molecule has 0 saturated carbocycles. The maximum absolute atomic E-state index is 13.3. The summed E-state index contributed by atoms with van der Waals surface area (Å²) in [5.41, 5.74) is 3.35. The van der Waals surface area contributed by atoms with Crippen LogP contribution in [0.25, 0.3) is 0 Å². The van der Waals surface area contributed by atoms with Crippen LogP contribution in [0.5, 0.6) is 0 Å². The highest BCUT2D eigenvalue weighted by Crippen LogP contribution is 2.59. The van der Waals surface area contributed by atoms with Crippen molar-refractivity contribution in [2.24, 2.45) is 0 Å². The van der Waals surface area contributed by atoms with Gasteiger partial charge in [-0.25, -0.2) is 0 Å². The Balaban J connectivity index is 1.08. The number of nitrogens with zero attached hydrogens (tertiary/aromatic N) is 5. The topological polar surface area (TPSA) is 156 Å². The molecule has 6 aliphatic heterocycles. The van der Waals surface area contributed by atoms with Crippen LogP contribution in [0.4, 0.5) is 0 Å². The van der Waals surface area contributed by atoms with E-state index in [1.54, 1.807) is 33.5 Å². The van der Waals surface area contributed by atoms with Crippen LogP contribution in [-0.2, 0) is 44.9 Å². The van der Waals surface area contributed by atoms with Gasteiger partial charge in [0.1, 0.15) is 0 Å². The molecule has 0 aliphatic carbocycles. The van der Waals surface area contributed by atoms with E-state index in [4.69, 9.17) is 0 Å². The second kappa shape index (κ2) is 10.8. The number of rotatable bonds is 9. The van der Waals surface area contributed by atoms with E-state index in [0.717, 1.165) is 22.5 Å². The monoisotopic (exact) mass is 662 g/mol. The van der Waals surface area contributed by atoms with Crippen molar-refractivity contribution in [1.29, 1.82) is 0 Å². The molecule has 0 radical (unpaired) electrons. The van der Waals surface area contributed by atoms with Crippen molar-refractivity contribution in [3.8, 4) is 0 Å². The van der Waals surface area contributed by atoms with Crippen LogP contribution in [0.2, 0.25) is 0 Å². The second-order valence-corrected chi connectivity index (χ2v) is 16.4. The summed E-state index contributed by atoms with van der Waals surface area (Å²) < 4.78 is 0. The molecule has 8 heterocycles. The van der Waals surface area contributed by atoms with Gasteiger partial charge < -0.3 is 30.2 Å². The number of hydrogen-bond acceptors (Lipinski definition) is 12. The fourth-order valence-electron chi connectivity index (χ4n) is 5.68. The number of aromatic nitrogens is 2. The van der Waals surface area contributed by atoms with Crippen molar-refractivity contribution in [2.75, 3.05) is 34.4 Å². The minimum Gasteiger partial charge on any atom is -0.392 e. The minimum atomic E-state index is -1.33. The molecule has 2 aromatic heterocycles. The van der Waals surface area contributed by atoms with Gasteiger partial charge in [-0.05, 0) is 57.7 Å². The largest absolute Gasteiger partial charge is 0.392 e. The van der Waals surface area contributed by atoms with Crippen LogP contribution >= 0.6 is 43.2 Å². The van der Waals surface area contributed by atoms with Crippen LogP contribution in [0, 0.1) is 0 Å². The average molecular weight is 663 g/mol. The van der Waals surface area contributed by atoms with Crippen LogP contribution in [0.3, 0.4) is 0 Å². The third-order valence-corrected chi connectivity index (χ3v) is 15.9. The Labute approximate surface area is 263 Å². The van der Waals surface area contributed by atoms with Crippen LogP contribution < -0.4 is 5.32 Å². The third-order valence-electron chi connectivity index (χ3n) is 8.60. The number of likely N-dealkylation sites (N-methyl/N-ethyl adjacent to an activating group) is 3. The van der Waals surface area contributed by atoms with Crippen molar-refractivity contribution in [3.05, 3.63) is 59.2 Å². The first-order chi connectivity index (χ1) is 20.5. The Morgan fingerprint density at radius 3 is 1.67 bits per heavy atom. The highest BCUT2D eigenvalue weighted by Gasteiger charge is 2.67. The van der Waals surface area contributed by atoms with E-state index in [2.05, 4.69) is 15.3 Å². The Kier molecular flexibility index (Phi) is 7.69. The van der Waals surface area contributed by atoms with E-state index in [9.17, 15) is 29.4 Å². The van der Waals surface area contributed by atoms with E-state index < -0.39 is 32.7 Å². The highest BCUT2D eigenvalue weighted by atomic mass is 33.1. The van der Waals surface area contributed by atoms with Gasteiger partial charge in [0.25, 0.3) is 23.6 Å². The Hall–Kier alpha value is -2.50. The number of carbonyl (C=O) groups excluding carboxylic acids is 4. The summed E-state index contributed by atoms with van der Waals surface area (Å²) in [6, 6.07) is 7.65. The van der Waals surface area contributed by atoms with E-state index in [0.29, 0.717) is 19.3 Å². The number of piperazine rings is 2. The SMILES string of the molecule is CN1C(=O)[C@@]2(CO)NC(=O)[C@]1(Cc1ccc(CCc3ccc(C[C@@]45SS[C@@](CO)(C(=O)N4C)N(C)C5=O)cn3)nc1)SS2. The predicted molar refractivity (Wildman–Crippen MR) is 165 cm³/mol. The molecule has 12 nitrogen and oxygen atoms in total. The molecule has 3 N–H and O–H groups in total. The van der Waals surface area contributed by atoms with Gasteiger partial charge in [0, 0.05) is 57.8 Å². The van der Waals surface area contributed by atoms with Gasteiger partial charge in [0.15, 0.2) is 14.6 Å². The van der Waals surface area contributed by atoms with E-state index >= 15 is 0 Å². The molecular formula is C27H30N6O6S4. The van der Waals surface area contributed by atoms with Gasteiger partial charge in [-0.3, -0.25) is 29.1 Å². The van der Waals surface area contributed by atoms with Crippen LogP contribution in [-0.4, -0.2) is 112 Å². The molecule has 0 spiro atoms. The van der Waals surface area contributed by atoms with Crippen molar-refractivity contribution >= 4 is 66.8 Å². The van der Waals surface area contributed by atoms with Gasteiger partial charge >= 0.3 is 0 Å². The fraction of sp³-hybridized carbons (Fsp3) is 0.481. The summed E-state index contributed by atoms with van der Waals surface area (Å²) in [4.78, 5) is 60.8. The third kappa shape index (κ3) is 4.47. The molecule has 6 fully saturated rings. The second-order valence-electron chi connectivity index (χ2n) is 11.0. The summed E-state index contributed by atoms with van der Waals surface area (Å²) in [6.45, 7) is -0.912. The molecule has 228 valence electrons. The zero-order valence-corrected chi connectivity index (χ0v) is 26.9. The van der Waals surface area contributed by atoms with Crippen molar-refractivity contribution < 1.29 is 29.4 Å². The number of aliphatic hydroxyl groups excluding tert-OH is 2. The summed E-state index contributed by atoms with van der Waals surface area (Å²) in [7, 11) is 9.78. The first-order valence-corrected chi connectivity index (χ1v) is 17.8. The van der Waals surface area contributed by atoms with Crippen molar-refractivity contribution in [1.82, 2.24) is 30.0 Å². The Bertz CT molecular complexity index is 1500. The number of amides is 4. The summed E-state index contributed by atoms with van der Waals surface area (Å²) in [5, 5.41) is 22.3. The molecule has 6 saturated heterocycles. The first-order valence-electron chi connectivity index (χ1n) is 13.5. The first kappa shape index (κ1) is 30.5. The minimum absolute atomic E-state index is 0.216. The van der Waals surface area contributed by atoms with Gasteiger partial charge in [-0.15, -0.1) is 0 Å². The molecule has 6 aliphatic rings. The lowest BCUT2D eigenvalue weighted by atomic mass is 9.98. The molecule has 43 heavy (non-hydrogen) atoms. The highest BCUT2D eigenvalue weighted by molar-refractivity contribution is 8.78. The summed E-state index contributed by atoms with van der Waals surface area (Å²) >= 11 is 0. The number of aryl methyl sites for hydroxylation is 2. The molecule has 2 aromatic rings. The lowest BCUT2D eigenvalue weighted by Gasteiger charge is -2.58. The number of hydrogen-bond donors (Lipinski definition) is 3. The molecule has 4 bridgehead atoms. The lowest BCUT2D eigenvalue weighted by Crippen LogP contribution is -2.77. The van der Waals surface area contributed by atoms with E-state index in [-0.39, 0.29) is 30.0 Å². The van der Waals surface area contributed by atoms with Gasteiger partial charge in [-0.2, -0.15) is 0 Å². The number of aliphatic hydroxyl groups is 2. The van der Waals surface area contributed by atoms with E-state index in [1.165, 1.54) is 57.9 Å². The molecule has 4 amide bonds. The van der Waals surface area contributed by atoms with Crippen molar-refractivity contribution in [3.63, 3.8) is 0 Å². The molecule has 0 aromatic carbocycles. The number of fused-ring (bicyclic) bond motifs is 6. The molecule has 16 heteroatoms. The molecule has 8 rings (SSSR count). The summed E-state index contributed by atoms with van der Waals surface area (Å²) in [5.74, 6) is -1.12. The fourth-order valence-corrected chi connectivity index (χ4v) is 12.6. The van der Waals surface area contributed by atoms with Gasteiger partial charge in [-0.1, -0.05) is 33.7 Å². The lowest BCUT2D eigenvalue weighted by molar-refractivity contribution is -0.165. The molecule has 0 unspecified atom stereocenters. The normalized spacial score (nSPS) is 31.7. The zero-order valence-electron chi connectivity index (χ0n) is 23.6. The predicted octanol–water partition coefficient (Wildman–Crippen LogP) is 0.425. The number of nitrogens with one attached hydrogen (secondary N) is 1. The van der Waals surface area contributed by atoms with E-state index in [1.807, 2.05) is 24.3 Å². The Morgan fingerprint density at radius 2 is 1.16 bits per heavy atom. The molecular weight excluding hydrogens is 633 g/mol. The van der Waals surface area contributed by atoms with Gasteiger partial charge in [0.05, 0.1) is 13.2 Å². The zero-order chi connectivity index (χ0) is 30.8. The smallest absolute Gasteiger partial charge is 0.263 e. The standard InChI is InChI=1S/C27H30N6O6S4/c1-31-21(37)24(14-34)30-20(36)25(31,41-40-24)10-16-4-6-18(28-12-16)8-9-19-7-5-17(13-29-19)11-26-22(38)33(3)27(15-35,43-42-26)23(39)32(26)2/h4-7,12-13,34-35H,8-11,14-15H2,1-3H3,(H,30,36)/t24-,25-,26-,27-/m0/s1. The average Bonchev–Trinajstić information content (AvgIpc) is 3.02. The maximum atomic E-state index is 13.3.